The number of rotatable bonds is 4. The molecule has 0 saturated carbocycles. The number of ether oxygens (including phenoxy) is 2. The third kappa shape index (κ3) is 3.23. The van der Waals surface area contributed by atoms with Gasteiger partial charge in [-0.3, -0.25) is 9.59 Å². The van der Waals surface area contributed by atoms with Crippen molar-refractivity contribution in [1.82, 2.24) is 9.61 Å². The zero-order valence-electron chi connectivity index (χ0n) is 16.4. The number of nitriles is 1. The molecule has 31 heavy (non-hydrogen) atoms. The molecular weight excluding hydrogens is 420 g/mol. The van der Waals surface area contributed by atoms with E-state index in [1.807, 2.05) is 6.07 Å². The summed E-state index contributed by atoms with van der Waals surface area (Å²) in [6.07, 6.45) is 4.68. The number of nitrogens with zero attached hydrogens (tertiary/aromatic N) is 4. The van der Waals surface area contributed by atoms with Gasteiger partial charge >= 0.3 is 0 Å². The van der Waals surface area contributed by atoms with Gasteiger partial charge in [0.1, 0.15) is 29.5 Å². The molecule has 2 aliphatic rings. The summed E-state index contributed by atoms with van der Waals surface area (Å²) in [5.41, 5.74) is 0.894. The number of anilines is 1. The molecule has 2 amide bonds. The zero-order valence-corrected chi connectivity index (χ0v) is 17.1. The van der Waals surface area contributed by atoms with E-state index in [1.54, 1.807) is 36.5 Å². The van der Waals surface area contributed by atoms with E-state index in [2.05, 4.69) is 5.10 Å². The molecule has 0 N–H and O–H groups in total. The van der Waals surface area contributed by atoms with Gasteiger partial charge in [-0.15, -0.1) is 5.10 Å². The van der Waals surface area contributed by atoms with Crippen LogP contribution in [-0.4, -0.2) is 40.7 Å². The van der Waals surface area contributed by atoms with Gasteiger partial charge in [-0.1, -0.05) is 23.7 Å². The fourth-order valence-electron chi connectivity index (χ4n) is 3.94. The van der Waals surface area contributed by atoms with Crippen molar-refractivity contribution in [3.8, 4) is 11.8 Å². The molecular formula is C22H17ClN4O4. The molecule has 2 aromatic heterocycles. The third-order valence-corrected chi connectivity index (χ3v) is 5.75. The van der Waals surface area contributed by atoms with Crippen molar-refractivity contribution in [2.75, 3.05) is 18.1 Å². The highest BCUT2D eigenvalue weighted by Gasteiger charge is 2.39. The molecule has 2 aliphatic heterocycles. The van der Waals surface area contributed by atoms with E-state index in [4.69, 9.17) is 21.1 Å². The quantitative estimate of drug-likeness (QED) is 0.579. The minimum absolute atomic E-state index is 0.0180. The van der Waals surface area contributed by atoms with E-state index < -0.39 is 11.8 Å². The molecule has 0 spiro atoms. The normalized spacial score (nSPS) is 18.3. The van der Waals surface area contributed by atoms with Gasteiger partial charge in [0.15, 0.2) is 5.82 Å². The summed E-state index contributed by atoms with van der Waals surface area (Å²) in [5, 5.41) is 14.3. The Hall–Kier alpha value is -3.41. The van der Waals surface area contributed by atoms with Gasteiger partial charge in [-0.25, -0.2) is 9.42 Å². The first-order valence-electron chi connectivity index (χ1n) is 9.92. The van der Waals surface area contributed by atoms with Gasteiger partial charge in [0.25, 0.3) is 11.8 Å². The van der Waals surface area contributed by atoms with E-state index in [-0.39, 0.29) is 33.6 Å². The molecule has 1 fully saturated rings. The molecule has 0 bridgehead atoms. The second kappa shape index (κ2) is 7.69. The number of carbonyl (C=O) groups is 2. The second-order valence-electron chi connectivity index (χ2n) is 7.42. The third-order valence-electron chi connectivity index (χ3n) is 5.46. The Morgan fingerprint density at radius 2 is 1.97 bits per heavy atom. The highest BCUT2D eigenvalue weighted by Crippen LogP contribution is 2.35. The van der Waals surface area contributed by atoms with Crippen molar-refractivity contribution in [2.24, 2.45) is 0 Å². The van der Waals surface area contributed by atoms with Gasteiger partial charge in [0, 0.05) is 12.7 Å². The van der Waals surface area contributed by atoms with E-state index in [9.17, 15) is 14.9 Å². The molecule has 1 aromatic carbocycles. The smallest absolute Gasteiger partial charge is 0.267 e. The Kier molecular flexibility index (Phi) is 4.85. The van der Waals surface area contributed by atoms with E-state index in [1.165, 1.54) is 4.52 Å². The first kappa shape index (κ1) is 19.5. The predicted octanol–water partition coefficient (Wildman–Crippen LogP) is 3.61. The lowest BCUT2D eigenvalue weighted by molar-refractivity contribution is -0.0111. The second-order valence-corrected chi connectivity index (χ2v) is 7.83. The van der Waals surface area contributed by atoms with Crippen LogP contribution in [0.15, 0.2) is 36.5 Å². The van der Waals surface area contributed by atoms with Crippen LogP contribution >= 0.6 is 11.6 Å². The number of imide groups is 1. The highest BCUT2D eigenvalue weighted by molar-refractivity contribution is 6.36. The van der Waals surface area contributed by atoms with Crippen molar-refractivity contribution in [2.45, 2.75) is 25.4 Å². The first-order chi connectivity index (χ1) is 15.1. The molecule has 9 heteroatoms. The summed E-state index contributed by atoms with van der Waals surface area (Å²) >= 11 is 6.44. The lowest BCUT2D eigenvalue weighted by Gasteiger charge is -2.22. The van der Waals surface area contributed by atoms with Crippen molar-refractivity contribution in [3.63, 3.8) is 0 Å². The molecule has 1 saturated heterocycles. The highest BCUT2D eigenvalue weighted by atomic mass is 35.5. The van der Waals surface area contributed by atoms with Crippen LogP contribution in [0.2, 0.25) is 5.02 Å². The van der Waals surface area contributed by atoms with Crippen LogP contribution in [0.4, 0.5) is 5.82 Å². The Bertz CT molecular complexity index is 1220. The number of pyridine rings is 1. The summed E-state index contributed by atoms with van der Waals surface area (Å²) < 4.78 is 12.9. The summed E-state index contributed by atoms with van der Waals surface area (Å²) in [7, 11) is 0. The van der Waals surface area contributed by atoms with Crippen molar-refractivity contribution in [3.05, 3.63) is 58.2 Å². The fourth-order valence-corrected chi connectivity index (χ4v) is 4.23. The average molecular weight is 437 g/mol. The van der Waals surface area contributed by atoms with Crippen molar-refractivity contribution < 1.29 is 19.1 Å². The van der Waals surface area contributed by atoms with Gasteiger partial charge in [0.05, 0.1) is 28.5 Å². The number of aromatic nitrogens is 2. The largest absolute Gasteiger partial charge is 0.489 e. The molecule has 5 rings (SSSR count). The van der Waals surface area contributed by atoms with E-state index in [0.717, 1.165) is 30.8 Å². The van der Waals surface area contributed by atoms with Gasteiger partial charge < -0.3 is 9.47 Å². The monoisotopic (exact) mass is 436 g/mol. The van der Waals surface area contributed by atoms with Crippen LogP contribution in [0.3, 0.4) is 0 Å². The SMILES string of the molecule is N#Cc1c(N2C(=O)c3ccccc3C2=O)nn2cc(OC[C@@H]3CCCCO3)cc(Cl)c12. The van der Waals surface area contributed by atoms with Gasteiger partial charge in [-0.2, -0.15) is 5.26 Å². The van der Waals surface area contributed by atoms with Crippen LogP contribution in [0.25, 0.3) is 5.52 Å². The summed E-state index contributed by atoms with van der Waals surface area (Å²) in [6.45, 7) is 1.10. The van der Waals surface area contributed by atoms with E-state index >= 15 is 0 Å². The number of halogens is 1. The number of carbonyl (C=O) groups excluding carboxylic acids is 2. The molecule has 156 valence electrons. The summed E-state index contributed by atoms with van der Waals surface area (Å²) in [5.74, 6) is -0.652. The maximum absolute atomic E-state index is 12.9. The molecule has 8 nitrogen and oxygen atoms in total. The minimum Gasteiger partial charge on any atom is -0.489 e. The maximum Gasteiger partial charge on any atom is 0.267 e. The van der Waals surface area contributed by atoms with Crippen LogP contribution in [0, 0.1) is 11.3 Å². The molecule has 0 aliphatic carbocycles. The van der Waals surface area contributed by atoms with E-state index in [0.29, 0.717) is 17.9 Å². The zero-order chi connectivity index (χ0) is 21.5. The topological polar surface area (TPSA) is 96.9 Å². The van der Waals surface area contributed by atoms with Crippen molar-refractivity contribution >= 4 is 34.7 Å². The summed E-state index contributed by atoms with van der Waals surface area (Å²) in [4.78, 5) is 26.6. The lowest BCUT2D eigenvalue weighted by atomic mass is 10.1. The molecule has 1 atom stereocenters. The number of benzene rings is 1. The Morgan fingerprint density at radius 1 is 1.23 bits per heavy atom. The Balaban J connectivity index is 1.51. The van der Waals surface area contributed by atoms with Gasteiger partial charge in [0.2, 0.25) is 0 Å². The number of hydrogen-bond acceptors (Lipinski definition) is 6. The Morgan fingerprint density at radius 3 is 2.61 bits per heavy atom. The molecule has 3 aromatic rings. The molecule has 0 radical (unpaired) electrons. The van der Waals surface area contributed by atoms with Crippen LogP contribution in [0.5, 0.6) is 5.75 Å². The van der Waals surface area contributed by atoms with Gasteiger partial charge in [-0.05, 0) is 31.4 Å². The number of hydrogen-bond donors (Lipinski definition) is 0. The number of fused-ring (bicyclic) bond motifs is 2. The molecule has 0 unspecified atom stereocenters. The minimum atomic E-state index is -0.525. The van der Waals surface area contributed by atoms with Crippen LogP contribution in [0.1, 0.15) is 45.5 Å². The lowest BCUT2D eigenvalue weighted by Crippen LogP contribution is -2.30. The summed E-state index contributed by atoms with van der Waals surface area (Å²) in [6, 6.07) is 10.1. The Labute approximate surface area is 182 Å². The fraction of sp³-hybridized carbons (Fsp3) is 0.273. The van der Waals surface area contributed by atoms with Crippen molar-refractivity contribution in [1.29, 1.82) is 5.26 Å². The predicted molar refractivity (Wildman–Crippen MR) is 112 cm³/mol. The standard InChI is InChI=1S/C22H17ClN4O4/c23-18-9-14(31-12-13-5-3-4-8-30-13)11-26-19(18)17(10-24)20(25-26)27-21(28)15-6-1-2-7-16(15)22(27)29/h1-2,6-7,9,11,13H,3-5,8,12H2/t13-/m0/s1. The van der Waals surface area contributed by atoms with Crippen LogP contribution in [-0.2, 0) is 4.74 Å². The molecule has 4 heterocycles. The maximum atomic E-state index is 12.9. The first-order valence-corrected chi connectivity index (χ1v) is 10.3. The average Bonchev–Trinajstić information content (AvgIpc) is 3.28. The number of amides is 2. The van der Waals surface area contributed by atoms with Crippen LogP contribution < -0.4 is 9.64 Å².